The number of benzene rings is 3. The molecule has 5 aromatic rings. The third-order valence-electron chi connectivity index (χ3n) is 7.10. The highest BCUT2D eigenvalue weighted by Crippen LogP contribution is 2.44. The maximum Gasteiger partial charge on any atom is 0.420 e. The van der Waals surface area contributed by atoms with Crippen molar-refractivity contribution in [2.45, 2.75) is 18.6 Å². The molecule has 0 radical (unpaired) electrons. The van der Waals surface area contributed by atoms with Crippen LogP contribution in [0.3, 0.4) is 0 Å². The molecule has 0 saturated carbocycles. The van der Waals surface area contributed by atoms with Crippen molar-refractivity contribution in [3.05, 3.63) is 77.9 Å². The summed E-state index contributed by atoms with van der Waals surface area (Å²) in [4.78, 5) is 6.27. The fourth-order valence-corrected chi connectivity index (χ4v) is 5.03. The Hall–Kier alpha value is -4.09. The molecule has 7 nitrogen and oxygen atoms in total. The molecule has 1 fully saturated rings. The van der Waals surface area contributed by atoms with Crippen molar-refractivity contribution in [2.24, 2.45) is 7.05 Å². The van der Waals surface area contributed by atoms with Crippen LogP contribution in [0.2, 0.25) is 0 Å². The molecule has 2 aromatic heterocycles. The van der Waals surface area contributed by atoms with Crippen molar-refractivity contribution in [3.8, 4) is 34.0 Å². The van der Waals surface area contributed by atoms with Crippen LogP contribution in [0.4, 0.5) is 17.6 Å². The van der Waals surface area contributed by atoms with Gasteiger partial charge < -0.3 is 14.1 Å². The number of fused-ring (bicyclic) bond motifs is 1. The highest BCUT2D eigenvalue weighted by Gasteiger charge is 2.38. The molecule has 200 valence electrons. The van der Waals surface area contributed by atoms with Gasteiger partial charge in [0.1, 0.15) is 23.2 Å². The first kappa shape index (κ1) is 25.2. The summed E-state index contributed by atoms with van der Waals surface area (Å²) in [7, 11) is 1.68. The highest BCUT2D eigenvalue weighted by atomic mass is 19.4. The van der Waals surface area contributed by atoms with Gasteiger partial charge in [-0.1, -0.05) is 36.4 Å². The third-order valence-corrected chi connectivity index (χ3v) is 7.10. The second-order valence-electron chi connectivity index (χ2n) is 9.50. The van der Waals surface area contributed by atoms with E-state index in [0.717, 1.165) is 18.1 Å². The molecule has 3 heterocycles. The number of oxazole rings is 1. The Kier molecular flexibility index (Phi) is 6.19. The van der Waals surface area contributed by atoms with Crippen molar-refractivity contribution < 1.29 is 27.1 Å². The van der Waals surface area contributed by atoms with Crippen molar-refractivity contribution in [1.82, 2.24) is 24.6 Å². The Bertz CT molecular complexity index is 1660. The summed E-state index contributed by atoms with van der Waals surface area (Å²) >= 11 is 0. The topological polar surface area (TPSA) is 80.2 Å². The lowest BCUT2D eigenvalue weighted by molar-refractivity contribution is -0.137. The molecule has 0 bridgehead atoms. The lowest BCUT2D eigenvalue weighted by Gasteiger charge is -2.37. The minimum Gasteiger partial charge on any atom is -0.435 e. The molecule has 0 spiro atoms. The number of alkyl halides is 3. The van der Waals surface area contributed by atoms with Gasteiger partial charge in [0, 0.05) is 25.7 Å². The number of aryl methyl sites for hydroxylation is 1. The maximum absolute atomic E-state index is 15.6. The van der Waals surface area contributed by atoms with Gasteiger partial charge in [0.25, 0.3) is 0 Å². The van der Waals surface area contributed by atoms with E-state index in [4.69, 9.17) is 4.42 Å². The minimum absolute atomic E-state index is 0.0813. The number of nitrogens with zero attached hydrogens (tertiary/aromatic N) is 5. The average Bonchev–Trinajstić information content (AvgIpc) is 3.50. The molecule has 3 aromatic carbocycles. The third kappa shape index (κ3) is 4.37. The van der Waals surface area contributed by atoms with E-state index in [1.807, 2.05) is 35.2 Å². The largest absolute Gasteiger partial charge is 0.435 e. The molecule has 0 amide bonds. The molecular formula is C28H23F4N5O2. The number of hydrogen-bond donors (Lipinski definition) is 1. The number of hydrogen-bond acceptors (Lipinski definition) is 6. The molecule has 1 saturated heterocycles. The first-order valence-corrected chi connectivity index (χ1v) is 12.4. The van der Waals surface area contributed by atoms with Crippen LogP contribution < -0.4 is 0 Å². The van der Waals surface area contributed by atoms with E-state index in [2.05, 4.69) is 15.2 Å². The fraction of sp³-hybridized carbons (Fsp3) is 0.250. The zero-order valence-electron chi connectivity index (χ0n) is 20.8. The maximum atomic E-state index is 15.6. The Morgan fingerprint density at radius 2 is 1.82 bits per heavy atom. The van der Waals surface area contributed by atoms with Gasteiger partial charge in [-0.05, 0) is 41.3 Å². The zero-order valence-corrected chi connectivity index (χ0v) is 20.8. The number of likely N-dealkylation sites (tertiary alicyclic amines) is 1. The normalized spacial score (nSPS) is 15.0. The summed E-state index contributed by atoms with van der Waals surface area (Å²) < 4.78 is 65.6. The van der Waals surface area contributed by atoms with Crippen LogP contribution in [-0.2, 0) is 13.2 Å². The van der Waals surface area contributed by atoms with Crippen LogP contribution in [0.25, 0.3) is 45.1 Å². The standard InChI is InChI=1S/C28H23F4N5O2/c1-36-15-33-35-26(36)23-18(16-6-3-2-4-7-16)8-9-20(29)24(23)27-34-21-13-17(22(14-38)37-10-5-11-37)12-19(25(21)39-27)28(30,31)32/h2-4,6-9,12-13,15,22,38H,5,10-11,14H2,1H3. The summed E-state index contributed by atoms with van der Waals surface area (Å²) in [6.45, 7) is 0.998. The van der Waals surface area contributed by atoms with Gasteiger partial charge in [-0.3, -0.25) is 4.90 Å². The number of aliphatic hydroxyl groups is 1. The van der Waals surface area contributed by atoms with Crippen LogP contribution in [0.1, 0.15) is 23.6 Å². The predicted molar refractivity (Wildman–Crippen MR) is 136 cm³/mol. The molecule has 6 rings (SSSR count). The Labute approximate surface area is 220 Å². The second-order valence-corrected chi connectivity index (χ2v) is 9.50. The van der Waals surface area contributed by atoms with Gasteiger partial charge in [0.05, 0.1) is 18.2 Å². The van der Waals surface area contributed by atoms with Crippen molar-refractivity contribution in [3.63, 3.8) is 0 Å². The Balaban J connectivity index is 1.62. The summed E-state index contributed by atoms with van der Waals surface area (Å²) in [5.74, 6) is -0.757. The monoisotopic (exact) mass is 537 g/mol. The molecule has 1 atom stereocenters. The van der Waals surface area contributed by atoms with E-state index in [1.165, 1.54) is 18.5 Å². The second kappa shape index (κ2) is 9.58. The van der Waals surface area contributed by atoms with Gasteiger partial charge in [-0.2, -0.15) is 13.2 Å². The summed E-state index contributed by atoms with van der Waals surface area (Å²) in [5, 5.41) is 18.1. The van der Waals surface area contributed by atoms with Crippen LogP contribution >= 0.6 is 0 Å². The van der Waals surface area contributed by atoms with E-state index in [-0.39, 0.29) is 34.7 Å². The van der Waals surface area contributed by atoms with Crippen molar-refractivity contribution in [2.75, 3.05) is 19.7 Å². The Morgan fingerprint density at radius 3 is 2.44 bits per heavy atom. The van der Waals surface area contributed by atoms with Gasteiger partial charge in [0.2, 0.25) is 5.89 Å². The first-order valence-electron chi connectivity index (χ1n) is 12.4. The lowest BCUT2D eigenvalue weighted by atomic mass is 9.94. The number of halogens is 4. The van der Waals surface area contributed by atoms with E-state index in [9.17, 15) is 18.3 Å². The SMILES string of the molecule is Cn1cnnc1-c1c(-c2ccccc2)ccc(F)c1-c1nc2cc(C(CO)N3CCC3)cc(C(F)(F)F)c2o1. The molecule has 39 heavy (non-hydrogen) atoms. The summed E-state index contributed by atoms with van der Waals surface area (Å²) in [6, 6.07) is 13.8. The van der Waals surface area contributed by atoms with Gasteiger partial charge in [-0.15, -0.1) is 10.2 Å². The molecule has 1 unspecified atom stereocenters. The van der Waals surface area contributed by atoms with Crippen LogP contribution in [0.15, 0.2) is 65.3 Å². The zero-order chi connectivity index (χ0) is 27.3. The minimum atomic E-state index is -4.77. The smallest absolute Gasteiger partial charge is 0.420 e. The fourth-order valence-electron chi connectivity index (χ4n) is 5.03. The number of rotatable bonds is 6. The van der Waals surface area contributed by atoms with Crippen molar-refractivity contribution in [1.29, 1.82) is 0 Å². The molecule has 1 N–H and O–H groups in total. The first-order chi connectivity index (χ1) is 18.8. The molecule has 1 aliphatic heterocycles. The molecule has 0 aliphatic carbocycles. The van der Waals surface area contributed by atoms with Crippen LogP contribution in [-0.4, -0.2) is 49.5 Å². The highest BCUT2D eigenvalue weighted by molar-refractivity contribution is 5.92. The van der Waals surface area contributed by atoms with Gasteiger partial charge >= 0.3 is 6.18 Å². The lowest BCUT2D eigenvalue weighted by Crippen LogP contribution is -2.41. The van der Waals surface area contributed by atoms with Crippen LogP contribution in [0, 0.1) is 5.82 Å². The van der Waals surface area contributed by atoms with E-state index >= 15 is 4.39 Å². The van der Waals surface area contributed by atoms with Crippen molar-refractivity contribution >= 4 is 11.1 Å². The van der Waals surface area contributed by atoms with Gasteiger partial charge in [-0.25, -0.2) is 9.37 Å². The Morgan fingerprint density at radius 1 is 1.05 bits per heavy atom. The van der Waals surface area contributed by atoms with E-state index < -0.39 is 29.2 Å². The molecule has 1 aliphatic rings. The molecule has 11 heteroatoms. The number of aromatic nitrogens is 4. The van der Waals surface area contributed by atoms with E-state index in [0.29, 0.717) is 24.5 Å². The average molecular weight is 538 g/mol. The summed E-state index contributed by atoms with van der Waals surface area (Å²) in [5.41, 5.74) is 0.135. The number of aliphatic hydroxyl groups excluding tert-OH is 1. The molecular weight excluding hydrogens is 514 g/mol. The van der Waals surface area contributed by atoms with Crippen LogP contribution in [0.5, 0.6) is 0 Å². The quantitative estimate of drug-likeness (QED) is 0.274. The van der Waals surface area contributed by atoms with E-state index in [1.54, 1.807) is 17.7 Å². The summed E-state index contributed by atoms with van der Waals surface area (Å²) in [6.07, 6.45) is -2.42. The predicted octanol–water partition coefficient (Wildman–Crippen LogP) is 5.85. The van der Waals surface area contributed by atoms with Gasteiger partial charge in [0.15, 0.2) is 11.4 Å².